The summed E-state index contributed by atoms with van der Waals surface area (Å²) in [5.41, 5.74) is 1.15. The normalized spacial score (nSPS) is 20.7. The summed E-state index contributed by atoms with van der Waals surface area (Å²) in [6.07, 6.45) is 12.9. The number of aromatic nitrogens is 4. The predicted octanol–water partition coefficient (Wildman–Crippen LogP) is 1.94. The van der Waals surface area contributed by atoms with Crippen molar-refractivity contribution in [3.8, 4) is 0 Å². The predicted molar refractivity (Wildman–Crippen MR) is 89.4 cm³/mol. The van der Waals surface area contributed by atoms with Crippen molar-refractivity contribution < 1.29 is 0 Å². The van der Waals surface area contributed by atoms with Crippen LogP contribution in [0.5, 0.6) is 0 Å². The second-order valence-electron chi connectivity index (χ2n) is 6.53. The Labute approximate surface area is 137 Å². The van der Waals surface area contributed by atoms with E-state index in [0.29, 0.717) is 5.92 Å². The highest BCUT2D eigenvalue weighted by Crippen LogP contribution is 2.24. The minimum absolute atomic E-state index is 0.517. The number of nitrogens with zero attached hydrogens (tertiary/aromatic N) is 5. The van der Waals surface area contributed by atoms with Gasteiger partial charge in [-0.2, -0.15) is 0 Å². The standard InChI is InChI=1S/C17H24N6/c1-2-7-23(6-1)17-20-11-14(12-21-17)10-18-13-15-4-3-8-22-9-5-19-16(15)22/h5,9,11-12,15,18H,1-4,6-8,10,13H2. The molecule has 2 aliphatic heterocycles. The molecule has 0 bridgehead atoms. The first-order valence-electron chi connectivity index (χ1n) is 8.68. The smallest absolute Gasteiger partial charge is 0.225 e. The highest BCUT2D eigenvalue weighted by Gasteiger charge is 2.20. The van der Waals surface area contributed by atoms with Gasteiger partial charge in [-0.05, 0) is 25.7 Å². The zero-order valence-corrected chi connectivity index (χ0v) is 13.5. The second-order valence-corrected chi connectivity index (χ2v) is 6.53. The van der Waals surface area contributed by atoms with E-state index in [0.717, 1.165) is 44.2 Å². The molecule has 4 rings (SSSR count). The first kappa shape index (κ1) is 14.6. The lowest BCUT2D eigenvalue weighted by Crippen LogP contribution is -2.26. The lowest BCUT2D eigenvalue weighted by Gasteiger charge is -2.23. The Hall–Kier alpha value is -1.95. The zero-order chi connectivity index (χ0) is 15.5. The molecule has 23 heavy (non-hydrogen) atoms. The van der Waals surface area contributed by atoms with Gasteiger partial charge in [0, 0.05) is 69.0 Å². The number of fused-ring (bicyclic) bond motifs is 1. The van der Waals surface area contributed by atoms with E-state index in [2.05, 4.69) is 35.9 Å². The summed E-state index contributed by atoms with van der Waals surface area (Å²) < 4.78 is 2.28. The molecule has 1 atom stereocenters. The maximum atomic E-state index is 4.51. The molecule has 1 unspecified atom stereocenters. The van der Waals surface area contributed by atoms with Crippen molar-refractivity contribution >= 4 is 5.95 Å². The Morgan fingerprint density at radius 3 is 2.70 bits per heavy atom. The van der Waals surface area contributed by atoms with E-state index in [4.69, 9.17) is 0 Å². The second kappa shape index (κ2) is 6.66. The van der Waals surface area contributed by atoms with E-state index in [9.17, 15) is 0 Å². The van der Waals surface area contributed by atoms with Gasteiger partial charge in [0.25, 0.3) is 0 Å². The van der Waals surface area contributed by atoms with Crippen LogP contribution in [0.15, 0.2) is 24.8 Å². The van der Waals surface area contributed by atoms with E-state index in [1.165, 1.54) is 31.5 Å². The van der Waals surface area contributed by atoms with Crippen LogP contribution < -0.4 is 10.2 Å². The number of aryl methyl sites for hydroxylation is 1. The van der Waals surface area contributed by atoms with Crippen LogP contribution in [0.4, 0.5) is 5.95 Å². The molecule has 0 amide bonds. The fourth-order valence-corrected chi connectivity index (χ4v) is 3.61. The van der Waals surface area contributed by atoms with Gasteiger partial charge in [-0.3, -0.25) is 0 Å². The van der Waals surface area contributed by atoms with Crippen LogP contribution in [-0.2, 0) is 13.1 Å². The van der Waals surface area contributed by atoms with Gasteiger partial charge < -0.3 is 14.8 Å². The fraction of sp³-hybridized carbons (Fsp3) is 0.588. The molecule has 2 aliphatic rings. The maximum absolute atomic E-state index is 4.51. The van der Waals surface area contributed by atoms with Crippen molar-refractivity contribution in [2.24, 2.45) is 0 Å². The Morgan fingerprint density at radius 1 is 1.04 bits per heavy atom. The number of hydrogen-bond acceptors (Lipinski definition) is 5. The van der Waals surface area contributed by atoms with Gasteiger partial charge >= 0.3 is 0 Å². The molecular formula is C17H24N6. The molecule has 1 fully saturated rings. The molecule has 2 aromatic heterocycles. The lowest BCUT2D eigenvalue weighted by molar-refractivity contribution is 0.423. The van der Waals surface area contributed by atoms with Gasteiger partial charge in [-0.1, -0.05) is 0 Å². The van der Waals surface area contributed by atoms with Crippen molar-refractivity contribution in [1.29, 1.82) is 0 Å². The van der Waals surface area contributed by atoms with Gasteiger partial charge in [-0.15, -0.1) is 0 Å². The lowest BCUT2D eigenvalue weighted by atomic mass is 9.99. The molecule has 6 nitrogen and oxygen atoms in total. The summed E-state index contributed by atoms with van der Waals surface area (Å²) in [5.74, 6) is 2.62. The molecule has 6 heteroatoms. The summed E-state index contributed by atoms with van der Waals surface area (Å²) in [7, 11) is 0. The summed E-state index contributed by atoms with van der Waals surface area (Å²) in [5, 5.41) is 3.54. The van der Waals surface area contributed by atoms with Gasteiger partial charge in [-0.25, -0.2) is 15.0 Å². The molecule has 0 aliphatic carbocycles. The molecule has 2 aromatic rings. The first-order chi connectivity index (χ1) is 11.4. The Balaban J connectivity index is 1.30. The average molecular weight is 312 g/mol. The summed E-state index contributed by atoms with van der Waals surface area (Å²) in [6, 6.07) is 0. The van der Waals surface area contributed by atoms with E-state index >= 15 is 0 Å². The largest absolute Gasteiger partial charge is 0.341 e. The van der Waals surface area contributed by atoms with Gasteiger partial charge in [0.05, 0.1) is 0 Å². The number of rotatable bonds is 5. The monoisotopic (exact) mass is 312 g/mol. The third kappa shape index (κ3) is 3.22. The number of imidazole rings is 1. The molecule has 0 spiro atoms. The Bertz CT molecular complexity index is 629. The third-order valence-corrected chi connectivity index (χ3v) is 4.86. The summed E-state index contributed by atoms with van der Waals surface area (Å²) in [6.45, 7) is 5.07. The molecule has 0 radical (unpaired) electrons. The van der Waals surface area contributed by atoms with Crippen molar-refractivity contribution in [2.45, 2.75) is 44.7 Å². The number of nitrogens with one attached hydrogen (secondary N) is 1. The van der Waals surface area contributed by atoms with E-state index in [1.807, 2.05) is 18.6 Å². The molecule has 122 valence electrons. The first-order valence-corrected chi connectivity index (χ1v) is 8.68. The summed E-state index contributed by atoms with van der Waals surface area (Å²) in [4.78, 5) is 15.8. The fourth-order valence-electron chi connectivity index (χ4n) is 3.61. The highest BCUT2D eigenvalue weighted by molar-refractivity contribution is 5.30. The van der Waals surface area contributed by atoms with Crippen molar-refractivity contribution in [3.05, 3.63) is 36.2 Å². The molecular weight excluding hydrogens is 288 g/mol. The van der Waals surface area contributed by atoms with Crippen LogP contribution in [0, 0.1) is 0 Å². The maximum Gasteiger partial charge on any atom is 0.225 e. The molecule has 4 heterocycles. The van der Waals surface area contributed by atoms with Crippen LogP contribution in [-0.4, -0.2) is 39.2 Å². The number of anilines is 1. The molecule has 1 saturated heterocycles. The van der Waals surface area contributed by atoms with E-state index < -0.39 is 0 Å². The van der Waals surface area contributed by atoms with Crippen LogP contribution in [0.3, 0.4) is 0 Å². The summed E-state index contributed by atoms with van der Waals surface area (Å²) >= 11 is 0. The van der Waals surface area contributed by atoms with E-state index in [1.54, 1.807) is 0 Å². The Kier molecular flexibility index (Phi) is 4.24. The third-order valence-electron chi connectivity index (χ3n) is 4.86. The number of hydrogen-bond donors (Lipinski definition) is 1. The Morgan fingerprint density at radius 2 is 1.87 bits per heavy atom. The van der Waals surface area contributed by atoms with Crippen molar-refractivity contribution in [2.75, 3.05) is 24.5 Å². The quantitative estimate of drug-likeness (QED) is 0.914. The van der Waals surface area contributed by atoms with Crippen molar-refractivity contribution in [3.63, 3.8) is 0 Å². The minimum Gasteiger partial charge on any atom is -0.341 e. The highest BCUT2D eigenvalue weighted by atomic mass is 15.3. The van der Waals surface area contributed by atoms with Gasteiger partial charge in [0.2, 0.25) is 5.95 Å². The molecule has 0 aromatic carbocycles. The van der Waals surface area contributed by atoms with Crippen molar-refractivity contribution in [1.82, 2.24) is 24.8 Å². The molecule has 0 saturated carbocycles. The minimum atomic E-state index is 0.517. The zero-order valence-electron chi connectivity index (χ0n) is 13.5. The van der Waals surface area contributed by atoms with Crippen LogP contribution >= 0.6 is 0 Å². The van der Waals surface area contributed by atoms with E-state index in [-0.39, 0.29) is 0 Å². The molecule has 1 N–H and O–H groups in total. The van der Waals surface area contributed by atoms with Crippen LogP contribution in [0.25, 0.3) is 0 Å². The van der Waals surface area contributed by atoms with Gasteiger partial charge in [0.15, 0.2) is 0 Å². The van der Waals surface area contributed by atoms with Gasteiger partial charge in [0.1, 0.15) is 5.82 Å². The van der Waals surface area contributed by atoms with Crippen LogP contribution in [0.1, 0.15) is 43.0 Å². The SMILES string of the molecule is c1cn2c(n1)C(CNCc1cnc(N3CCCC3)nc1)CCC2. The van der Waals surface area contributed by atoms with Crippen LogP contribution in [0.2, 0.25) is 0 Å². The average Bonchev–Trinajstić information content (AvgIpc) is 3.27. The topological polar surface area (TPSA) is 58.9 Å².